The van der Waals surface area contributed by atoms with Crippen molar-refractivity contribution in [3.05, 3.63) is 59.6 Å². The zero-order valence-corrected chi connectivity index (χ0v) is 42.1. The van der Waals surface area contributed by atoms with Crippen molar-refractivity contribution in [2.75, 3.05) is 0 Å². The summed E-state index contributed by atoms with van der Waals surface area (Å²) in [6.07, 6.45) is -13.5. The average Bonchev–Trinajstić information content (AvgIpc) is 3.50. The number of halogens is 16. The Hall–Kier alpha value is 1.67. The molecule has 324 valence electrons. The van der Waals surface area contributed by atoms with Gasteiger partial charge in [-0.2, -0.15) is 70.2 Å². The second kappa shape index (κ2) is 33.3. The molecule has 7 nitrogen and oxygen atoms in total. The van der Waals surface area contributed by atoms with E-state index < -0.39 is 48.2 Å². The zero-order valence-electron chi connectivity index (χ0n) is 25.8. The van der Waals surface area contributed by atoms with Gasteiger partial charge in [-0.3, -0.25) is 0 Å². The molecule has 0 aliphatic carbocycles. The molecule has 2 aromatic carbocycles. The van der Waals surface area contributed by atoms with Gasteiger partial charge in [-0.25, -0.2) is 8.42 Å². The van der Waals surface area contributed by atoms with Gasteiger partial charge in [-0.1, -0.05) is 88.0 Å². The van der Waals surface area contributed by atoms with Crippen molar-refractivity contribution < 1.29 is 238 Å². The molecule has 2 heterocycles. The monoisotopic (exact) mass is 1190 g/mol. The van der Waals surface area contributed by atoms with Crippen molar-refractivity contribution in [1.29, 1.82) is 0 Å². The first kappa shape index (κ1) is 81.5. The van der Waals surface area contributed by atoms with E-state index in [9.17, 15) is 65.0 Å². The van der Waals surface area contributed by atoms with Gasteiger partial charge in [0.25, 0.3) is 0 Å². The number of aryl methyl sites for hydroxylation is 2. The molecule has 56 heavy (non-hydrogen) atoms. The molecule has 0 atom stereocenters. The Labute approximate surface area is 445 Å². The molecule has 0 saturated carbocycles. The molecule has 0 amide bonds. The summed E-state index contributed by atoms with van der Waals surface area (Å²) >= 11 is 3.60. The van der Waals surface area contributed by atoms with E-state index in [1.807, 2.05) is 0 Å². The normalized spacial score (nSPS) is 10.6. The predicted octanol–water partition coefficient (Wildman–Crippen LogP) is -4.40. The zero-order chi connectivity index (χ0) is 35.9. The Morgan fingerprint density at radius 2 is 0.821 bits per heavy atom. The largest absolute Gasteiger partial charge is 1.00 e. The number of fused-ring (bicyclic) bond motifs is 2. The van der Waals surface area contributed by atoms with Gasteiger partial charge in [0.15, 0.2) is 0 Å². The Kier molecular flexibility index (Phi) is 48.4. The minimum atomic E-state index is -7.57. The summed E-state index contributed by atoms with van der Waals surface area (Å²) in [7, 11) is -13.9. The second-order valence-electron chi connectivity index (χ2n) is 7.99. The summed E-state index contributed by atoms with van der Waals surface area (Å²) in [4.78, 5) is 0. The van der Waals surface area contributed by atoms with Gasteiger partial charge in [-0.05, 0) is 30.3 Å². The number of rotatable bonds is 3. The minimum Gasteiger partial charge on any atom is -1.00 e. The van der Waals surface area contributed by atoms with Gasteiger partial charge in [0.05, 0.1) is 0 Å². The Morgan fingerprint density at radius 1 is 0.571 bits per heavy atom. The number of thiazole rings is 2. The topological polar surface area (TPSA) is 79.3 Å². The van der Waals surface area contributed by atoms with E-state index in [1.54, 1.807) is 22.7 Å². The molecule has 4 aromatic rings. The molecule has 0 fully saturated rings. The van der Waals surface area contributed by atoms with Crippen LogP contribution in [0.1, 0.15) is 51.0 Å². The SMILES string of the molecule is C.C.C.C.C.CC[n+]1csc2ccccc21.CC[n+]1csc2ccccc21.O=S(=O)(F)C(F)(F)F.O=S(=O)(N(C(F)(F)F)C(F)(F)F)C(F)(F)F.[Br-].[Br-].[F-].[Rb+].[Rb+]. The van der Waals surface area contributed by atoms with Crippen LogP contribution in [0, 0.1) is 0 Å². The van der Waals surface area contributed by atoms with E-state index in [1.165, 1.54) is 20.4 Å². The molecular formula is C27H40Br2F14N3O4Rb2S4+. The molecule has 0 unspecified atom stereocenters. The maximum absolute atomic E-state index is 11.6. The second-order valence-corrected chi connectivity index (χ2v) is 12.9. The van der Waals surface area contributed by atoms with Crippen LogP contribution in [-0.2, 0) is 33.3 Å². The number of hydrogen-bond acceptors (Lipinski definition) is 6. The maximum atomic E-state index is 11.6. The molecule has 0 bridgehead atoms. The van der Waals surface area contributed by atoms with Crippen LogP contribution in [0.15, 0.2) is 59.6 Å². The first-order chi connectivity index (χ1) is 20.7. The van der Waals surface area contributed by atoms with Crippen LogP contribution in [0.4, 0.5) is 56.6 Å². The Balaban J connectivity index is -0.0000000606. The van der Waals surface area contributed by atoms with Crippen LogP contribution in [-0.4, -0.2) is 44.8 Å². The Morgan fingerprint density at radius 3 is 1.00 bits per heavy atom. The average molecular weight is 1200 g/mol. The fourth-order valence-corrected chi connectivity index (χ4v) is 5.64. The number of aromatic nitrogens is 2. The van der Waals surface area contributed by atoms with E-state index >= 15 is 0 Å². The number of nitrogens with zero attached hydrogens (tertiary/aromatic N) is 3. The molecule has 0 aliphatic heterocycles. The number of hydrogen-bond donors (Lipinski definition) is 0. The van der Waals surface area contributed by atoms with Gasteiger partial charge < -0.3 is 38.7 Å². The van der Waals surface area contributed by atoms with Gasteiger partial charge in [0, 0.05) is 12.1 Å². The summed E-state index contributed by atoms with van der Waals surface area (Å²) in [6, 6.07) is 17.0. The molecule has 29 heteroatoms. The third kappa shape index (κ3) is 24.9. The van der Waals surface area contributed by atoms with Crippen molar-refractivity contribution >= 4 is 63.4 Å². The van der Waals surface area contributed by atoms with Crippen molar-refractivity contribution in [3.63, 3.8) is 0 Å². The van der Waals surface area contributed by atoms with E-state index in [2.05, 4.69) is 82.5 Å². The number of alkyl halides is 12. The van der Waals surface area contributed by atoms with E-state index in [4.69, 9.17) is 8.42 Å². The Bertz CT molecular complexity index is 1720. The minimum absolute atomic E-state index is 0. The summed E-state index contributed by atoms with van der Waals surface area (Å²) < 4.78 is 188. The van der Waals surface area contributed by atoms with Crippen molar-refractivity contribution in [3.8, 4) is 0 Å². The van der Waals surface area contributed by atoms with Crippen LogP contribution in [0.5, 0.6) is 0 Å². The fourth-order valence-electron chi connectivity index (χ4n) is 2.95. The first-order valence-electron chi connectivity index (χ1n) is 11.7. The molecule has 0 radical (unpaired) electrons. The molecular weight excluding hydrogens is 1160 g/mol. The van der Waals surface area contributed by atoms with Gasteiger partial charge >= 0.3 is 160 Å². The van der Waals surface area contributed by atoms with Crippen molar-refractivity contribution in [2.45, 2.75) is 87.7 Å². The van der Waals surface area contributed by atoms with Crippen LogP contribution in [0.25, 0.3) is 20.4 Å². The van der Waals surface area contributed by atoms with Crippen LogP contribution in [0.3, 0.4) is 0 Å². The summed E-state index contributed by atoms with van der Waals surface area (Å²) in [5, 5.41) is 0. The summed E-state index contributed by atoms with van der Waals surface area (Å²) in [5.41, 5.74) is -5.43. The summed E-state index contributed by atoms with van der Waals surface area (Å²) in [5.74, 6) is 0. The number of benzene rings is 2. The molecule has 0 N–H and O–H groups in total. The van der Waals surface area contributed by atoms with E-state index in [-0.39, 0.29) is 192 Å². The van der Waals surface area contributed by atoms with E-state index in [0.29, 0.717) is 0 Å². The van der Waals surface area contributed by atoms with Crippen LogP contribution >= 0.6 is 22.7 Å². The third-order valence-electron chi connectivity index (χ3n) is 4.91. The van der Waals surface area contributed by atoms with Gasteiger partial charge in [-0.15, -0.1) is 0 Å². The van der Waals surface area contributed by atoms with Crippen LogP contribution in [0.2, 0.25) is 0 Å². The predicted molar refractivity (Wildman–Crippen MR) is 174 cm³/mol. The van der Waals surface area contributed by atoms with Crippen LogP contribution < -0.4 is 164 Å². The van der Waals surface area contributed by atoms with Gasteiger partial charge in [0.1, 0.15) is 22.5 Å². The fraction of sp³-hybridized carbons (Fsp3) is 0.481. The molecule has 0 saturated heterocycles. The molecule has 0 aliphatic rings. The molecule has 0 spiro atoms. The molecule has 4 rings (SSSR count). The quantitative estimate of drug-likeness (QED) is 0.0901. The van der Waals surface area contributed by atoms with E-state index in [0.717, 1.165) is 13.1 Å². The smallest absolute Gasteiger partial charge is 1.00 e. The third-order valence-corrected chi connectivity index (χ3v) is 8.87. The standard InChI is InChI=1S/2C9H10NS.C3F9NO2S.CF4O2S.5CH4.2BrH.FH.2Rb/c2*1-2-10-7-11-9-6-4-3-5-8(9)10;4-1(5,6)13(2(7,8)9)16(14,15)3(10,11)12;2-1(3,4)8(5,6)7;;;;;;;;;;/h2*3-7H,2H2,1H3;;;5*1H4;3*1H;;/q2*+1;;;;;;;;;;;2*+1/p-3. The van der Waals surface area contributed by atoms with Crippen molar-refractivity contribution in [1.82, 2.24) is 4.31 Å². The number of para-hydroxylation sites is 2. The van der Waals surface area contributed by atoms with Gasteiger partial charge in [0.2, 0.25) is 22.1 Å². The summed E-state index contributed by atoms with van der Waals surface area (Å²) in [6.45, 7) is 6.45. The maximum Gasteiger partial charge on any atom is 1.00 e. The first-order valence-corrected chi connectivity index (χ1v) is 16.3. The molecule has 2 aromatic heterocycles. The number of sulfonamides is 1. The van der Waals surface area contributed by atoms with Crippen molar-refractivity contribution in [2.24, 2.45) is 0 Å².